The number of hydrogen-bond donors (Lipinski definition) is 1. The maximum atomic E-state index is 13.6. The summed E-state index contributed by atoms with van der Waals surface area (Å²) in [5, 5.41) is 3.30. The zero-order valence-electron chi connectivity index (χ0n) is 25.2. The molecule has 43 heavy (non-hydrogen) atoms. The van der Waals surface area contributed by atoms with Crippen molar-refractivity contribution in [1.82, 2.24) is 14.8 Å². The third-order valence-electron chi connectivity index (χ3n) is 7.87. The van der Waals surface area contributed by atoms with Crippen molar-refractivity contribution >= 4 is 39.1 Å². The summed E-state index contributed by atoms with van der Waals surface area (Å²) in [4.78, 5) is 35.2. The van der Waals surface area contributed by atoms with Gasteiger partial charge in [-0.2, -0.15) is 0 Å². The van der Waals surface area contributed by atoms with Gasteiger partial charge >= 0.3 is 0 Å². The van der Waals surface area contributed by atoms with Gasteiger partial charge in [0.25, 0.3) is 11.8 Å². The van der Waals surface area contributed by atoms with Crippen LogP contribution in [-0.4, -0.2) is 79.7 Å². The number of hydrogen-bond acceptors (Lipinski definition) is 8. The number of ether oxygens (including phenoxy) is 3. The summed E-state index contributed by atoms with van der Waals surface area (Å²) in [6.07, 6.45) is -0.157. The van der Waals surface area contributed by atoms with Crippen LogP contribution in [0.15, 0.2) is 66.7 Å². The lowest BCUT2D eigenvalue weighted by Crippen LogP contribution is -2.46. The first-order valence-electron chi connectivity index (χ1n) is 14.3. The normalized spacial score (nSPS) is 20.1. The number of nitrogens with one attached hydrogen (secondary N) is 1. The number of amides is 2. The van der Waals surface area contributed by atoms with Gasteiger partial charge in [-0.3, -0.25) is 14.5 Å². The highest BCUT2D eigenvalue weighted by Crippen LogP contribution is 2.28. The van der Waals surface area contributed by atoms with Crippen LogP contribution < -0.4 is 14.8 Å². The molecule has 0 spiro atoms. The minimum atomic E-state index is -0.311. The predicted molar refractivity (Wildman–Crippen MR) is 169 cm³/mol. The highest BCUT2D eigenvalue weighted by atomic mass is 32.1. The molecule has 2 heterocycles. The fourth-order valence-electron chi connectivity index (χ4n) is 5.26. The molecule has 2 amide bonds. The minimum Gasteiger partial charge on any atom is -0.497 e. The fourth-order valence-corrected chi connectivity index (χ4v) is 6.13. The number of likely N-dealkylation sites (N-methyl/N-ethyl adjacent to an activating group) is 1. The van der Waals surface area contributed by atoms with Crippen molar-refractivity contribution in [1.29, 1.82) is 0 Å². The van der Waals surface area contributed by atoms with Gasteiger partial charge in [-0.25, -0.2) is 4.98 Å². The van der Waals surface area contributed by atoms with Gasteiger partial charge in [-0.05, 0) is 54.8 Å². The molecule has 0 saturated heterocycles. The molecule has 1 N–H and O–H groups in total. The van der Waals surface area contributed by atoms with Crippen LogP contribution in [0.4, 0.5) is 5.69 Å². The molecule has 4 aromatic rings. The van der Waals surface area contributed by atoms with Crippen LogP contribution in [0, 0.1) is 5.92 Å². The van der Waals surface area contributed by atoms with E-state index in [1.807, 2.05) is 36.4 Å². The lowest BCUT2D eigenvalue weighted by molar-refractivity contribution is 0.00921. The predicted octanol–water partition coefficient (Wildman–Crippen LogP) is 5.56. The van der Waals surface area contributed by atoms with Crippen molar-refractivity contribution in [2.45, 2.75) is 32.5 Å². The molecule has 0 radical (unpaired) electrons. The summed E-state index contributed by atoms with van der Waals surface area (Å²) in [5.74, 6) is 0.903. The molecule has 3 aromatic carbocycles. The van der Waals surface area contributed by atoms with Gasteiger partial charge in [0.05, 0.1) is 29.0 Å². The number of fused-ring (bicyclic) bond motifs is 2. The lowest BCUT2D eigenvalue weighted by atomic mass is 10.0. The highest BCUT2D eigenvalue weighted by Gasteiger charge is 2.28. The zero-order valence-corrected chi connectivity index (χ0v) is 26.0. The number of rotatable bonds is 6. The second-order valence-corrected chi connectivity index (χ2v) is 12.1. The van der Waals surface area contributed by atoms with E-state index in [4.69, 9.17) is 14.2 Å². The van der Waals surface area contributed by atoms with Gasteiger partial charge in [0.1, 0.15) is 18.1 Å². The van der Waals surface area contributed by atoms with Crippen molar-refractivity contribution in [2.75, 3.05) is 46.3 Å². The molecular formula is C33H38N4O5S. The maximum Gasteiger partial charge on any atom is 0.284 e. The molecule has 9 nitrogen and oxygen atoms in total. The number of carbonyl (C=O) groups is 2. The first kappa shape index (κ1) is 30.5. The number of para-hydroxylation sites is 1. The van der Waals surface area contributed by atoms with Gasteiger partial charge in [0.15, 0.2) is 5.01 Å². The van der Waals surface area contributed by atoms with E-state index in [1.165, 1.54) is 11.3 Å². The Balaban J connectivity index is 1.41. The van der Waals surface area contributed by atoms with Crippen LogP contribution in [-0.2, 0) is 11.3 Å². The van der Waals surface area contributed by atoms with Gasteiger partial charge in [-0.1, -0.05) is 31.2 Å². The van der Waals surface area contributed by atoms with Crippen LogP contribution in [0.3, 0.4) is 0 Å². The lowest BCUT2D eigenvalue weighted by Gasteiger charge is -2.36. The van der Waals surface area contributed by atoms with Crippen molar-refractivity contribution in [2.24, 2.45) is 5.92 Å². The molecule has 0 fully saturated rings. The minimum absolute atomic E-state index is 0.0168. The summed E-state index contributed by atoms with van der Waals surface area (Å²) < 4.78 is 18.5. The van der Waals surface area contributed by atoms with E-state index in [2.05, 4.69) is 41.2 Å². The second kappa shape index (κ2) is 13.5. The number of nitrogens with zero attached hydrogens (tertiary/aromatic N) is 3. The quantitative estimate of drug-likeness (QED) is 0.309. The Kier molecular flexibility index (Phi) is 9.59. The number of carbonyl (C=O) groups excluding carboxylic acids is 2. The Labute approximate surface area is 256 Å². The van der Waals surface area contributed by atoms with Gasteiger partial charge < -0.3 is 24.4 Å². The zero-order chi connectivity index (χ0) is 30.5. The topological polar surface area (TPSA) is 93.2 Å². The third kappa shape index (κ3) is 7.15. The Hall–Kier alpha value is -3.99. The summed E-state index contributed by atoms with van der Waals surface area (Å²) >= 11 is 1.34. The first-order chi connectivity index (χ1) is 20.7. The van der Waals surface area contributed by atoms with Crippen LogP contribution >= 0.6 is 11.3 Å². The molecule has 3 atom stereocenters. The molecular weight excluding hydrogens is 564 g/mol. The van der Waals surface area contributed by atoms with Crippen molar-refractivity contribution < 1.29 is 23.8 Å². The maximum absolute atomic E-state index is 13.6. The van der Waals surface area contributed by atoms with Crippen LogP contribution in [0.1, 0.15) is 39.6 Å². The molecule has 1 aliphatic heterocycles. The van der Waals surface area contributed by atoms with Gasteiger partial charge in [-0.15, -0.1) is 11.3 Å². The average molecular weight is 603 g/mol. The van der Waals surface area contributed by atoms with E-state index in [1.54, 1.807) is 44.4 Å². The summed E-state index contributed by atoms with van der Waals surface area (Å²) in [6.45, 7) is 6.52. The third-order valence-corrected chi connectivity index (χ3v) is 8.90. The van der Waals surface area contributed by atoms with Crippen molar-refractivity contribution in [3.05, 3.63) is 82.9 Å². The second-order valence-electron chi connectivity index (χ2n) is 11.0. The number of aromatic nitrogens is 1. The molecule has 1 aliphatic rings. The molecule has 226 valence electrons. The number of thiazole rings is 1. The molecule has 5 rings (SSSR count). The number of benzene rings is 3. The monoisotopic (exact) mass is 602 g/mol. The van der Waals surface area contributed by atoms with E-state index in [0.29, 0.717) is 35.2 Å². The average Bonchev–Trinajstić information content (AvgIpc) is 3.46. The Morgan fingerprint density at radius 1 is 1.07 bits per heavy atom. The standard InChI is InChI=1S/C33H38N4O5S/c1-21-17-37(18-23-10-13-25(40-4)14-11-23)22(2)20-42-28-16-24(12-15-26(28)33(39)36(3)19-29(21)41-5)34-31(38)32-35-27-8-6-7-9-30(27)43-32/h6-16,21-22,29H,17-20H2,1-5H3,(H,34,38)/t21-,22-,29-/m1/s1. The molecule has 0 bridgehead atoms. The molecule has 10 heteroatoms. The van der Waals surface area contributed by atoms with Crippen molar-refractivity contribution in [3.8, 4) is 11.5 Å². The van der Waals surface area contributed by atoms with E-state index < -0.39 is 0 Å². The fraction of sp³-hybridized carbons (Fsp3) is 0.364. The molecule has 0 aliphatic carbocycles. The van der Waals surface area contributed by atoms with Crippen LogP contribution in [0.5, 0.6) is 11.5 Å². The van der Waals surface area contributed by atoms with Gasteiger partial charge in [0.2, 0.25) is 0 Å². The highest BCUT2D eigenvalue weighted by molar-refractivity contribution is 7.20. The van der Waals surface area contributed by atoms with E-state index in [0.717, 1.165) is 34.6 Å². The van der Waals surface area contributed by atoms with E-state index in [-0.39, 0.29) is 29.9 Å². The Morgan fingerprint density at radius 3 is 2.56 bits per heavy atom. The smallest absolute Gasteiger partial charge is 0.284 e. The molecule has 0 unspecified atom stereocenters. The Morgan fingerprint density at radius 2 is 1.84 bits per heavy atom. The van der Waals surface area contributed by atoms with Crippen LogP contribution in [0.2, 0.25) is 0 Å². The first-order valence-corrected chi connectivity index (χ1v) is 15.2. The summed E-state index contributed by atoms with van der Waals surface area (Å²) in [6, 6.07) is 20.9. The molecule has 1 aromatic heterocycles. The summed E-state index contributed by atoms with van der Waals surface area (Å²) in [5.41, 5.74) is 2.89. The number of anilines is 1. The molecule has 0 saturated carbocycles. The van der Waals surface area contributed by atoms with Gasteiger partial charge in [0, 0.05) is 51.6 Å². The SMILES string of the molecule is COc1ccc(CN2C[C@@H](C)[C@H](OC)CN(C)C(=O)c3ccc(NC(=O)c4nc5ccccc5s4)cc3OC[C@H]2C)cc1. The van der Waals surface area contributed by atoms with Crippen LogP contribution in [0.25, 0.3) is 10.2 Å². The number of methoxy groups -OCH3 is 2. The van der Waals surface area contributed by atoms with E-state index >= 15 is 0 Å². The van der Waals surface area contributed by atoms with Crippen molar-refractivity contribution in [3.63, 3.8) is 0 Å². The largest absolute Gasteiger partial charge is 0.497 e. The summed E-state index contributed by atoms with van der Waals surface area (Å²) in [7, 11) is 5.13. The van der Waals surface area contributed by atoms with E-state index in [9.17, 15) is 9.59 Å². The Bertz CT molecular complexity index is 1540.